The van der Waals surface area contributed by atoms with Crippen molar-refractivity contribution in [2.24, 2.45) is 0 Å². The van der Waals surface area contributed by atoms with E-state index in [4.69, 9.17) is 0 Å². The molecule has 2 aliphatic rings. The molecule has 1 aromatic carbocycles. The van der Waals surface area contributed by atoms with E-state index in [2.05, 4.69) is 40.5 Å². The van der Waals surface area contributed by atoms with E-state index in [0.717, 1.165) is 18.6 Å². The second-order valence-corrected chi connectivity index (χ2v) is 5.44. The quantitative estimate of drug-likeness (QED) is 0.835. The molecule has 0 bridgehead atoms. The third-order valence-electron chi connectivity index (χ3n) is 3.91. The van der Waals surface area contributed by atoms with Gasteiger partial charge in [-0.1, -0.05) is 30.3 Å². The van der Waals surface area contributed by atoms with Crippen LogP contribution in [0, 0.1) is 0 Å². The number of hydrogen-bond donors (Lipinski definition) is 1. The molecule has 2 nitrogen and oxygen atoms in total. The highest BCUT2D eigenvalue weighted by Crippen LogP contribution is 2.29. The summed E-state index contributed by atoms with van der Waals surface area (Å²) in [5.41, 5.74) is 1.46. The van der Waals surface area contributed by atoms with Gasteiger partial charge in [0.05, 0.1) is 0 Å². The van der Waals surface area contributed by atoms with E-state index in [-0.39, 0.29) is 0 Å². The molecule has 1 aromatic rings. The monoisotopic (exact) mass is 230 g/mol. The zero-order valence-corrected chi connectivity index (χ0v) is 10.4. The van der Waals surface area contributed by atoms with Gasteiger partial charge in [0, 0.05) is 25.2 Å². The summed E-state index contributed by atoms with van der Waals surface area (Å²) in [7, 11) is 0. The first-order chi connectivity index (χ1) is 8.42. The lowest BCUT2D eigenvalue weighted by molar-refractivity contribution is 0.231. The van der Waals surface area contributed by atoms with Crippen LogP contribution < -0.4 is 5.32 Å². The maximum Gasteiger partial charge on any atom is 0.0237 e. The molecule has 2 heteroatoms. The molecule has 3 rings (SSSR count). The molecule has 17 heavy (non-hydrogen) atoms. The van der Waals surface area contributed by atoms with Crippen molar-refractivity contribution < 1.29 is 0 Å². The van der Waals surface area contributed by atoms with E-state index < -0.39 is 0 Å². The summed E-state index contributed by atoms with van der Waals surface area (Å²) in [5, 5.41) is 3.61. The molecule has 1 aliphatic heterocycles. The van der Waals surface area contributed by atoms with Crippen molar-refractivity contribution in [2.75, 3.05) is 13.1 Å². The number of hydrogen-bond acceptors (Lipinski definition) is 2. The third kappa shape index (κ3) is 3.08. The van der Waals surface area contributed by atoms with Crippen LogP contribution in [0.15, 0.2) is 30.3 Å². The first kappa shape index (κ1) is 11.2. The zero-order valence-electron chi connectivity index (χ0n) is 10.4. The molecule has 0 spiro atoms. The van der Waals surface area contributed by atoms with Crippen LogP contribution >= 0.6 is 0 Å². The van der Waals surface area contributed by atoms with Crippen molar-refractivity contribution in [2.45, 2.75) is 44.3 Å². The van der Waals surface area contributed by atoms with Gasteiger partial charge in [0.15, 0.2) is 0 Å². The Balaban J connectivity index is 1.60. The average molecular weight is 230 g/mol. The van der Waals surface area contributed by atoms with Gasteiger partial charge in [0.1, 0.15) is 0 Å². The predicted octanol–water partition coefficient (Wildman–Crippen LogP) is 2.40. The lowest BCUT2D eigenvalue weighted by atomic mass is 10.1. The molecule has 1 unspecified atom stereocenters. The van der Waals surface area contributed by atoms with Crippen molar-refractivity contribution in [3.8, 4) is 0 Å². The second-order valence-electron chi connectivity index (χ2n) is 5.44. The van der Waals surface area contributed by atoms with Gasteiger partial charge >= 0.3 is 0 Å². The largest absolute Gasteiger partial charge is 0.313 e. The predicted molar refractivity (Wildman–Crippen MR) is 70.9 cm³/mol. The van der Waals surface area contributed by atoms with Crippen LogP contribution in [-0.4, -0.2) is 30.1 Å². The normalized spacial score (nSPS) is 24.4. The van der Waals surface area contributed by atoms with Crippen molar-refractivity contribution in [1.29, 1.82) is 0 Å². The van der Waals surface area contributed by atoms with Crippen molar-refractivity contribution in [3.63, 3.8) is 0 Å². The lowest BCUT2D eigenvalue weighted by Crippen LogP contribution is -2.38. The maximum atomic E-state index is 3.61. The van der Waals surface area contributed by atoms with Crippen LogP contribution in [-0.2, 0) is 6.54 Å². The highest BCUT2D eigenvalue weighted by molar-refractivity contribution is 5.15. The van der Waals surface area contributed by atoms with Gasteiger partial charge in [0.2, 0.25) is 0 Å². The van der Waals surface area contributed by atoms with E-state index >= 15 is 0 Å². The Hall–Kier alpha value is -0.860. The van der Waals surface area contributed by atoms with Crippen LogP contribution in [0.25, 0.3) is 0 Å². The molecule has 0 aromatic heterocycles. The van der Waals surface area contributed by atoms with Gasteiger partial charge in [-0.25, -0.2) is 0 Å². The summed E-state index contributed by atoms with van der Waals surface area (Å²) >= 11 is 0. The van der Waals surface area contributed by atoms with Gasteiger partial charge in [-0.15, -0.1) is 0 Å². The smallest absolute Gasteiger partial charge is 0.0237 e. The van der Waals surface area contributed by atoms with Gasteiger partial charge in [-0.2, -0.15) is 0 Å². The van der Waals surface area contributed by atoms with Gasteiger partial charge < -0.3 is 5.32 Å². The highest BCUT2D eigenvalue weighted by Gasteiger charge is 2.31. The average Bonchev–Trinajstić information content (AvgIpc) is 3.09. The second kappa shape index (κ2) is 5.19. The Kier molecular flexibility index (Phi) is 3.44. The number of nitrogens with one attached hydrogen (secondary N) is 1. The van der Waals surface area contributed by atoms with Crippen molar-refractivity contribution in [3.05, 3.63) is 35.9 Å². The van der Waals surface area contributed by atoms with Crippen LogP contribution in [0.3, 0.4) is 0 Å². The minimum atomic E-state index is 0.735. The minimum absolute atomic E-state index is 0.735. The third-order valence-corrected chi connectivity index (χ3v) is 3.91. The topological polar surface area (TPSA) is 15.3 Å². The Morgan fingerprint density at radius 3 is 2.59 bits per heavy atom. The van der Waals surface area contributed by atoms with Crippen molar-refractivity contribution >= 4 is 0 Å². The molecule has 1 N–H and O–H groups in total. The van der Waals surface area contributed by atoms with E-state index in [0.29, 0.717) is 0 Å². The molecule has 1 saturated heterocycles. The van der Waals surface area contributed by atoms with Crippen LogP contribution in [0.5, 0.6) is 0 Å². The molecular formula is C15H22N2. The van der Waals surface area contributed by atoms with E-state index in [9.17, 15) is 0 Å². The molecule has 0 radical (unpaired) electrons. The molecule has 1 saturated carbocycles. The molecule has 2 fully saturated rings. The Morgan fingerprint density at radius 2 is 1.94 bits per heavy atom. The number of nitrogens with zero attached hydrogens (tertiary/aromatic N) is 1. The fraction of sp³-hybridized carbons (Fsp3) is 0.600. The summed E-state index contributed by atoms with van der Waals surface area (Å²) in [4.78, 5) is 2.68. The lowest BCUT2D eigenvalue weighted by Gasteiger charge is -2.25. The maximum absolute atomic E-state index is 3.61. The van der Waals surface area contributed by atoms with Gasteiger partial charge in [-0.05, 0) is 37.8 Å². The van der Waals surface area contributed by atoms with Gasteiger partial charge in [0.25, 0.3) is 0 Å². The SMILES string of the molecule is c1ccc(CN(CC2CCCN2)C2CC2)cc1. The first-order valence-electron chi connectivity index (χ1n) is 6.93. The summed E-state index contributed by atoms with van der Waals surface area (Å²) in [6, 6.07) is 12.5. The fourth-order valence-corrected chi connectivity index (χ4v) is 2.80. The molecular weight excluding hydrogens is 208 g/mol. The highest BCUT2D eigenvalue weighted by atomic mass is 15.2. The van der Waals surface area contributed by atoms with E-state index in [1.54, 1.807) is 0 Å². The van der Waals surface area contributed by atoms with E-state index in [1.807, 2.05) is 0 Å². The Labute approximate surface area is 104 Å². The molecule has 0 amide bonds. The molecule has 1 atom stereocenters. The summed E-state index contributed by atoms with van der Waals surface area (Å²) in [6.07, 6.45) is 5.52. The molecule has 1 heterocycles. The summed E-state index contributed by atoms with van der Waals surface area (Å²) < 4.78 is 0. The standard InChI is InChI=1S/C15H22N2/c1-2-5-13(6-3-1)11-17(15-8-9-15)12-14-7-4-10-16-14/h1-3,5-6,14-16H,4,7-12H2. The number of benzene rings is 1. The molecule has 1 aliphatic carbocycles. The summed E-state index contributed by atoms with van der Waals surface area (Å²) in [5.74, 6) is 0. The zero-order chi connectivity index (χ0) is 11.5. The van der Waals surface area contributed by atoms with Gasteiger partial charge in [-0.3, -0.25) is 4.90 Å². The Bertz CT molecular complexity index is 339. The van der Waals surface area contributed by atoms with Crippen molar-refractivity contribution in [1.82, 2.24) is 10.2 Å². The number of rotatable bonds is 5. The summed E-state index contributed by atoms with van der Waals surface area (Å²) in [6.45, 7) is 3.58. The van der Waals surface area contributed by atoms with Crippen LogP contribution in [0.1, 0.15) is 31.2 Å². The first-order valence-corrected chi connectivity index (χ1v) is 6.93. The molecule has 92 valence electrons. The van der Waals surface area contributed by atoms with Crippen LogP contribution in [0.2, 0.25) is 0 Å². The van der Waals surface area contributed by atoms with Crippen LogP contribution in [0.4, 0.5) is 0 Å². The minimum Gasteiger partial charge on any atom is -0.313 e. The fourth-order valence-electron chi connectivity index (χ4n) is 2.80. The Morgan fingerprint density at radius 1 is 1.12 bits per heavy atom. The van der Waals surface area contributed by atoms with E-state index in [1.165, 1.54) is 44.3 Å².